The first kappa shape index (κ1) is 15.1. The fraction of sp³-hybridized carbons (Fsp3) is 0.200. The highest BCUT2D eigenvalue weighted by Crippen LogP contribution is 2.31. The molecule has 1 amide bonds. The van der Waals surface area contributed by atoms with E-state index in [9.17, 15) is 14.9 Å². The van der Waals surface area contributed by atoms with Crippen molar-refractivity contribution in [3.8, 4) is 0 Å². The normalized spacial score (nSPS) is 12.0. The maximum atomic E-state index is 12.1. The number of nitro benzene ring substituents is 1. The van der Waals surface area contributed by atoms with Gasteiger partial charge in [0.1, 0.15) is 0 Å². The Balaban J connectivity index is 2.28. The number of nitrogens with one attached hydrogen (secondary N) is 2. The maximum Gasteiger partial charge on any atom is 0.271 e. The topological polar surface area (TPSA) is 127 Å². The number of non-ortho nitro benzene ring substituents is 1. The van der Waals surface area contributed by atoms with E-state index in [0.29, 0.717) is 0 Å². The maximum absolute atomic E-state index is 12.1. The molecule has 2 N–H and O–H groups in total. The fourth-order valence-corrected chi connectivity index (χ4v) is 1.95. The lowest BCUT2D eigenvalue weighted by molar-refractivity contribution is -0.384. The number of carbonyl (C=O) groups is 1. The third-order valence-corrected chi connectivity index (χ3v) is 3.37. The Bertz CT molecular complexity index is 690. The first-order valence-corrected chi connectivity index (χ1v) is 6.33. The summed E-state index contributed by atoms with van der Waals surface area (Å²) in [6.45, 7) is 1.62. The number of aromatic amines is 1. The Morgan fingerprint density at radius 2 is 2.19 bits per heavy atom. The lowest BCUT2D eigenvalue weighted by Crippen LogP contribution is -2.27. The minimum absolute atomic E-state index is 0.0694. The number of carbonyl (C=O) groups excluding carboxylic acids is 1. The minimum atomic E-state index is -0.665. The van der Waals surface area contributed by atoms with E-state index in [1.807, 2.05) is 0 Å². The SMILES string of the molecule is CC(NC(=O)c1cc([N+](=O)[O-])cc(Cl)c1Cl)c1nn[nH]n1. The lowest BCUT2D eigenvalue weighted by Gasteiger charge is -2.11. The molecule has 110 valence electrons. The lowest BCUT2D eigenvalue weighted by atomic mass is 10.1. The van der Waals surface area contributed by atoms with Gasteiger partial charge in [0.25, 0.3) is 11.6 Å². The van der Waals surface area contributed by atoms with Gasteiger partial charge in [-0.05, 0) is 6.92 Å². The van der Waals surface area contributed by atoms with Crippen LogP contribution in [0.25, 0.3) is 0 Å². The number of halogens is 2. The van der Waals surface area contributed by atoms with Crippen LogP contribution in [0.15, 0.2) is 12.1 Å². The van der Waals surface area contributed by atoms with Crippen molar-refractivity contribution in [2.45, 2.75) is 13.0 Å². The largest absolute Gasteiger partial charge is 0.342 e. The molecule has 0 aliphatic heterocycles. The van der Waals surface area contributed by atoms with Crippen molar-refractivity contribution >= 4 is 34.8 Å². The van der Waals surface area contributed by atoms with Gasteiger partial charge in [-0.1, -0.05) is 28.4 Å². The van der Waals surface area contributed by atoms with Crippen LogP contribution in [0.3, 0.4) is 0 Å². The first-order chi connectivity index (χ1) is 9.90. The second kappa shape index (κ2) is 6.02. The molecule has 2 rings (SSSR count). The molecular formula is C10H8Cl2N6O3. The van der Waals surface area contributed by atoms with Gasteiger partial charge in [-0.2, -0.15) is 5.21 Å². The summed E-state index contributed by atoms with van der Waals surface area (Å²) in [6.07, 6.45) is 0. The number of benzene rings is 1. The zero-order valence-corrected chi connectivity index (χ0v) is 12.0. The molecule has 0 saturated carbocycles. The summed E-state index contributed by atoms with van der Waals surface area (Å²) in [6, 6.07) is 1.56. The van der Waals surface area contributed by atoms with Crippen molar-refractivity contribution in [2.24, 2.45) is 0 Å². The summed E-state index contributed by atoms with van der Waals surface area (Å²) in [4.78, 5) is 22.3. The summed E-state index contributed by atoms with van der Waals surface area (Å²) in [5, 5.41) is 26.2. The monoisotopic (exact) mass is 330 g/mol. The molecule has 0 radical (unpaired) electrons. The van der Waals surface area contributed by atoms with Crippen molar-refractivity contribution in [3.05, 3.63) is 43.7 Å². The highest BCUT2D eigenvalue weighted by molar-refractivity contribution is 6.44. The average molecular weight is 331 g/mol. The average Bonchev–Trinajstić information content (AvgIpc) is 2.95. The van der Waals surface area contributed by atoms with Crippen molar-refractivity contribution in [1.29, 1.82) is 0 Å². The van der Waals surface area contributed by atoms with Gasteiger partial charge >= 0.3 is 0 Å². The van der Waals surface area contributed by atoms with E-state index in [-0.39, 0.29) is 27.1 Å². The number of nitrogens with zero attached hydrogens (tertiary/aromatic N) is 4. The molecule has 1 aromatic carbocycles. The smallest absolute Gasteiger partial charge is 0.271 e. The van der Waals surface area contributed by atoms with Gasteiger partial charge in [0.2, 0.25) is 0 Å². The van der Waals surface area contributed by atoms with Crippen LogP contribution in [0.4, 0.5) is 5.69 Å². The molecular weight excluding hydrogens is 323 g/mol. The molecule has 0 saturated heterocycles. The van der Waals surface area contributed by atoms with Gasteiger partial charge in [-0.25, -0.2) is 0 Å². The van der Waals surface area contributed by atoms with Crippen LogP contribution in [0.2, 0.25) is 10.0 Å². The van der Waals surface area contributed by atoms with E-state index in [1.165, 1.54) is 0 Å². The first-order valence-electron chi connectivity index (χ1n) is 5.57. The number of amides is 1. The van der Waals surface area contributed by atoms with Crippen LogP contribution >= 0.6 is 23.2 Å². The number of rotatable bonds is 4. The van der Waals surface area contributed by atoms with Gasteiger partial charge in [-0.15, -0.1) is 10.2 Å². The summed E-state index contributed by atoms with van der Waals surface area (Å²) in [5.74, 6) is -0.376. The van der Waals surface area contributed by atoms with E-state index < -0.39 is 16.9 Å². The Morgan fingerprint density at radius 3 is 2.76 bits per heavy atom. The number of hydrogen-bond donors (Lipinski definition) is 2. The van der Waals surface area contributed by atoms with Crippen LogP contribution in [-0.4, -0.2) is 31.5 Å². The summed E-state index contributed by atoms with van der Waals surface area (Å²) in [7, 11) is 0. The third-order valence-electron chi connectivity index (χ3n) is 2.57. The van der Waals surface area contributed by atoms with Gasteiger partial charge in [0, 0.05) is 12.1 Å². The van der Waals surface area contributed by atoms with Crippen LogP contribution in [0.5, 0.6) is 0 Å². The van der Waals surface area contributed by atoms with Crippen LogP contribution in [-0.2, 0) is 0 Å². The van der Waals surface area contributed by atoms with E-state index in [0.717, 1.165) is 12.1 Å². The second-order valence-electron chi connectivity index (χ2n) is 4.01. The van der Waals surface area contributed by atoms with Gasteiger partial charge in [0.05, 0.1) is 26.6 Å². The molecule has 1 aromatic heterocycles. The molecule has 0 aliphatic carbocycles. The van der Waals surface area contributed by atoms with Crippen LogP contribution in [0.1, 0.15) is 29.1 Å². The van der Waals surface area contributed by atoms with Gasteiger partial charge < -0.3 is 5.32 Å². The predicted octanol–water partition coefficient (Wildman–Crippen LogP) is 1.91. The highest BCUT2D eigenvalue weighted by atomic mass is 35.5. The van der Waals surface area contributed by atoms with Crippen molar-refractivity contribution < 1.29 is 9.72 Å². The molecule has 1 unspecified atom stereocenters. The Labute approximate surface area is 127 Å². The zero-order chi connectivity index (χ0) is 15.6. The third kappa shape index (κ3) is 3.26. The molecule has 0 aliphatic rings. The minimum Gasteiger partial charge on any atom is -0.342 e. The number of hydrogen-bond acceptors (Lipinski definition) is 6. The Morgan fingerprint density at radius 1 is 1.48 bits per heavy atom. The predicted molar refractivity (Wildman–Crippen MR) is 73.2 cm³/mol. The van der Waals surface area contributed by atoms with Crippen molar-refractivity contribution in [1.82, 2.24) is 25.9 Å². The van der Waals surface area contributed by atoms with E-state index in [4.69, 9.17) is 23.2 Å². The number of nitro groups is 1. The van der Waals surface area contributed by atoms with E-state index in [2.05, 4.69) is 25.9 Å². The number of tetrazole rings is 1. The summed E-state index contributed by atoms with van der Waals surface area (Å²) < 4.78 is 0. The number of aromatic nitrogens is 4. The highest BCUT2D eigenvalue weighted by Gasteiger charge is 2.22. The quantitative estimate of drug-likeness (QED) is 0.651. The van der Waals surface area contributed by atoms with Crippen molar-refractivity contribution in [3.63, 3.8) is 0 Å². The molecule has 11 heteroatoms. The summed E-state index contributed by atoms with van der Waals surface area (Å²) in [5.41, 5.74) is -0.437. The zero-order valence-electron chi connectivity index (χ0n) is 10.5. The van der Waals surface area contributed by atoms with Crippen LogP contribution < -0.4 is 5.32 Å². The fourth-order valence-electron chi connectivity index (χ4n) is 1.54. The Hall–Kier alpha value is -2.26. The van der Waals surface area contributed by atoms with Crippen LogP contribution in [0, 0.1) is 10.1 Å². The van der Waals surface area contributed by atoms with E-state index >= 15 is 0 Å². The van der Waals surface area contributed by atoms with Gasteiger partial charge in [-0.3, -0.25) is 14.9 Å². The molecule has 0 spiro atoms. The molecule has 1 atom stereocenters. The molecule has 9 nitrogen and oxygen atoms in total. The molecule has 2 aromatic rings. The van der Waals surface area contributed by atoms with Gasteiger partial charge in [0.15, 0.2) is 5.82 Å². The number of H-pyrrole nitrogens is 1. The molecule has 0 fully saturated rings. The Kier molecular flexibility index (Phi) is 4.34. The standard InChI is InChI=1S/C10H8Cl2N6O3/c1-4(9-14-16-17-15-9)13-10(19)6-2-5(18(20)21)3-7(11)8(6)12/h2-4H,1H3,(H,13,19)(H,14,15,16,17). The van der Waals surface area contributed by atoms with Crippen molar-refractivity contribution in [2.75, 3.05) is 0 Å². The molecule has 21 heavy (non-hydrogen) atoms. The second-order valence-corrected chi connectivity index (χ2v) is 4.80. The molecule has 1 heterocycles. The summed E-state index contributed by atoms with van der Waals surface area (Å²) >= 11 is 11.7. The van der Waals surface area contributed by atoms with E-state index in [1.54, 1.807) is 6.92 Å². The molecule has 0 bridgehead atoms.